The third-order valence-electron chi connectivity index (χ3n) is 4.34. The number of benzene rings is 1. The van der Waals surface area contributed by atoms with Crippen molar-refractivity contribution in [3.05, 3.63) is 33.3 Å². The molecule has 7 nitrogen and oxygen atoms in total. The second kappa shape index (κ2) is 10.4. The van der Waals surface area contributed by atoms with Crippen molar-refractivity contribution in [1.29, 1.82) is 0 Å². The van der Waals surface area contributed by atoms with Gasteiger partial charge in [0.25, 0.3) is 5.69 Å². The number of rotatable bonds is 8. The molecule has 0 bridgehead atoms. The second-order valence-electron chi connectivity index (χ2n) is 6.52. The minimum atomic E-state index is -3.93. The van der Waals surface area contributed by atoms with E-state index in [0.717, 1.165) is 44.1 Å². The van der Waals surface area contributed by atoms with E-state index in [4.69, 9.17) is 11.6 Å². The Bertz CT molecular complexity index is 715. The van der Waals surface area contributed by atoms with Crippen molar-refractivity contribution in [3.63, 3.8) is 0 Å². The summed E-state index contributed by atoms with van der Waals surface area (Å²) < 4.78 is 27.1. The molecule has 0 aromatic heterocycles. The number of hydrogen-bond acceptors (Lipinski definition) is 5. The zero-order chi connectivity index (χ0) is 18.4. The number of nitro benzene ring substituents is 1. The number of sulfonamides is 1. The lowest BCUT2D eigenvalue weighted by Gasteiger charge is -2.30. The predicted octanol–water partition coefficient (Wildman–Crippen LogP) is 3.46. The standard InChI is InChI=1S/C16H24ClN3O4S.ClH/c1-13-5-4-10-19(12-13)9-3-2-8-18-25(23,24)16-7-6-14(17)11-15(16)20(21)22;/h6-7,11,13,18H,2-5,8-10,12H2,1H3;1H. The molecule has 1 N–H and O–H groups in total. The summed E-state index contributed by atoms with van der Waals surface area (Å²) in [7, 11) is -3.93. The van der Waals surface area contributed by atoms with E-state index in [9.17, 15) is 18.5 Å². The first-order valence-electron chi connectivity index (χ1n) is 8.45. The van der Waals surface area contributed by atoms with Gasteiger partial charge in [0.15, 0.2) is 4.90 Å². The van der Waals surface area contributed by atoms with Gasteiger partial charge in [-0.2, -0.15) is 0 Å². The van der Waals surface area contributed by atoms with Gasteiger partial charge in [-0.3, -0.25) is 10.1 Å². The van der Waals surface area contributed by atoms with Gasteiger partial charge in [0, 0.05) is 24.2 Å². The highest BCUT2D eigenvalue weighted by Gasteiger charge is 2.25. The molecule has 0 radical (unpaired) electrons. The Morgan fingerprint density at radius 1 is 1.38 bits per heavy atom. The summed E-state index contributed by atoms with van der Waals surface area (Å²) in [6, 6.07) is 3.55. The molecule has 1 aromatic carbocycles. The highest BCUT2D eigenvalue weighted by molar-refractivity contribution is 7.89. The molecule has 1 unspecified atom stereocenters. The molecule has 1 aromatic rings. The van der Waals surface area contributed by atoms with Crippen LogP contribution in [-0.2, 0) is 10.0 Å². The van der Waals surface area contributed by atoms with Gasteiger partial charge in [-0.25, -0.2) is 13.1 Å². The number of nitrogens with zero attached hydrogens (tertiary/aromatic N) is 2. The maximum Gasteiger partial charge on any atom is 0.290 e. The van der Waals surface area contributed by atoms with Crippen LogP contribution in [0.2, 0.25) is 5.02 Å². The van der Waals surface area contributed by atoms with Gasteiger partial charge in [-0.05, 0) is 56.8 Å². The Labute approximate surface area is 165 Å². The molecule has 0 amide bonds. The van der Waals surface area contributed by atoms with Gasteiger partial charge in [0.05, 0.1) is 4.92 Å². The topological polar surface area (TPSA) is 92.6 Å². The normalized spacial score (nSPS) is 18.3. The first kappa shape index (κ1) is 23.1. The minimum absolute atomic E-state index is 0. The van der Waals surface area contributed by atoms with E-state index in [2.05, 4.69) is 16.5 Å². The highest BCUT2D eigenvalue weighted by Crippen LogP contribution is 2.27. The zero-order valence-electron chi connectivity index (χ0n) is 14.7. The van der Waals surface area contributed by atoms with Gasteiger partial charge in [-0.15, -0.1) is 12.4 Å². The van der Waals surface area contributed by atoms with Crippen LogP contribution >= 0.6 is 24.0 Å². The molecular formula is C16H25Cl2N3O4S. The number of hydrogen-bond donors (Lipinski definition) is 1. The van der Waals surface area contributed by atoms with Gasteiger partial charge in [-0.1, -0.05) is 18.5 Å². The van der Waals surface area contributed by atoms with Crippen molar-refractivity contribution >= 4 is 39.7 Å². The minimum Gasteiger partial charge on any atom is -0.303 e. The van der Waals surface area contributed by atoms with E-state index in [1.165, 1.54) is 18.9 Å². The van der Waals surface area contributed by atoms with Crippen molar-refractivity contribution < 1.29 is 13.3 Å². The van der Waals surface area contributed by atoms with Crippen LogP contribution in [0.25, 0.3) is 0 Å². The molecule has 0 aliphatic carbocycles. The monoisotopic (exact) mass is 425 g/mol. The number of piperidine rings is 1. The number of likely N-dealkylation sites (tertiary alicyclic amines) is 1. The SMILES string of the molecule is CC1CCCN(CCCCNS(=O)(=O)c2ccc(Cl)cc2[N+](=O)[O-])C1.Cl. The highest BCUT2D eigenvalue weighted by atomic mass is 35.5. The summed E-state index contributed by atoms with van der Waals surface area (Å²) in [5.74, 6) is 0.720. The fourth-order valence-electron chi connectivity index (χ4n) is 3.09. The lowest BCUT2D eigenvalue weighted by Crippen LogP contribution is -2.35. The number of nitrogens with one attached hydrogen (secondary N) is 1. The average molecular weight is 426 g/mol. The Balaban J connectivity index is 0.00000338. The van der Waals surface area contributed by atoms with E-state index >= 15 is 0 Å². The fraction of sp³-hybridized carbons (Fsp3) is 0.625. The van der Waals surface area contributed by atoms with Gasteiger partial charge < -0.3 is 4.90 Å². The molecule has 1 fully saturated rings. The van der Waals surface area contributed by atoms with E-state index in [0.29, 0.717) is 6.42 Å². The van der Waals surface area contributed by atoms with Crippen molar-refractivity contribution in [3.8, 4) is 0 Å². The lowest BCUT2D eigenvalue weighted by atomic mass is 10.0. The molecule has 26 heavy (non-hydrogen) atoms. The summed E-state index contributed by atoms with van der Waals surface area (Å²) >= 11 is 5.72. The molecule has 1 atom stereocenters. The molecule has 1 aliphatic rings. The van der Waals surface area contributed by atoms with Crippen molar-refractivity contribution in [1.82, 2.24) is 9.62 Å². The summed E-state index contributed by atoms with van der Waals surface area (Å²) in [5, 5.41) is 11.2. The number of unbranched alkanes of at least 4 members (excludes halogenated alkanes) is 1. The number of halogens is 2. The predicted molar refractivity (Wildman–Crippen MR) is 105 cm³/mol. The Hall–Kier alpha value is -0.930. The Morgan fingerprint density at radius 2 is 2.12 bits per heavy atom. The van der Waals surface area contributed by atoms with Crippen molar-refractivity contribution in [2.45, 2.75) is 37.5 Å². The van der Waals surface area contributed by atoms with Crippen molar-refractivity contribution in [2.75, 3.05) is 26.2 Å². The molecule has 1 heterocycles. The van der Waals surface area contributed by atoms with Crippen LogP contribution in [0.1, 0.15) is 32.6 Å². The molecule has 1 aliphatic heterocycles. The van der Waals surface area contributed by atoms with Crippen LogP contribution in [0.15, 0.2) is 23.1 Å². The van der Waals surface area contributed by atoms with Crippen LogP contribution < -0.4 is 4.72 Å². The largest absolute Gasteiger partial charge is 0.303 e. The van der Waals surface area contributed by atoms with Crippen LogP contribution in [-0.4, -0.2) is 44.4 Å². The third-order valence-corrected chi connectivity index (χ3v) is 6.09. The van der Waals surface area contributed by atoms with E-state index < -0.39 is 20.6 Å². The second-order valence-corrected chi connectivity index (χ2v) is 8.69. The first-order chi connectivity index (χ1) is 11.8. The van der Waals surface area contributed by atoms with Crippen LogP contribution in [0, 0.1) is 16.0 Å². The van der Waals surface area contributed by atoms with Gasteiger partial charge >= 0.3 is 0 Å². The van der Waals surface area contributed by atoms with Crippen molar-refractivity contribution in [2.24, 2.45) is 5.92 Å². The quantitative estimate of drug-likeness (QED) is 0.391. The zero-order valence-corrected chi connectivity index (χ0v) is 17.1. The lowest BCUT2D eigenvalue weighted by molar-refractivity contribution is -0.387. The Kier molecular flexibility index (Phi) is 9.26. The molecule has 148 valence electrons. The van der Waals surface area contributed by atoms with Gasteiger partial charge in [0.1, 0.15) is 0 Å². The summed E-state index contributed by atoms with van der Waals surface area (Å²) in [5.41, 5.74) is -0.512. The smallest absolute Gasteiger partial charge is 0.290 e. The Morgan fingerprint density at radius 3 is 2.77 bits per heavy atom. The maximum absolute atomic E-state index is 12.3. The maximum atomic E-state index is 12.3. The van der Waals surface area contributed by atoms with Crippen LogP contribution in [0.4, 0.5) is 5.69 Å². The van der Waals surface area contributed by atoms with Crippen LogP contribution in [0.5, 0.6) is 0 Å². The third kappa shape index (κ3) is 6.66. The average Bonchev–Trinajstić information content (AvgIpc) is 2.54. The molecule has 0 spiro atoms. The van der Waals surface area contributed by atoms with E-state index in [1.807, 2.05) is 0 Å². The molecule has 0 saturated carbocycles. The van der Waals surface area contributed by atoms with Crippen LogP contribution in [0.3, 0.4) is 0 Å². The molecule has 10 heteroatoms. The first-order valence-corrected chi connectivity index (χ1v) is 10.3. The molecule has 2 rings (SSSR count). The van der Waals surface area contributed by atoms with E-state index in [1.54, 1.807) is 0 Å². The number of nitro groups is 1. The van der Waals surface area contributed by atoms with E-state index in [-0.39, 0.29) is 28.9 Å². The summed E-state index contributed by atoms with van der Waals surface area (Å²) in [6.07, 6.45) is 4.06. The van der Waals surface area contributed by atoms with Gasteiger partial charge in [0.2, 0.25) is 10.0 Å². The molecular weight excluding hydrogens is 401 g/mol. The summed E-state index contributed by atoms with van der Waals surface area (Å²) in [6.45, 7) is 5.66. The molecule has 1 saturated heterocycles. The summed E-state index contributed by atoms with van der Waals surface area (Å²) in [4.78, 5) is 12.4. The fourth-order valence-corrected chi connectivity index (χ4v) is 4.49.